The summed E-state index contributed by atoms with van der Waals surface area (Å²) in [5, 5.41) is 8.90. The Balaban J connectivity index is 2.06. The van der Waals surface area contributed by atoms with Crippen molar-refractivity contribution in [1.82, 2.24) is 4.98 Å². The standard InChI is InChI=1S/C13H9NO3/c15-13(16)10-6-9-5-8-3-1-2-4-11(8)17-12(9)14-7-10/h1-4,6-7H,5H2,(H,15,16). The molecule has 1 aromatic heterocycles. The van der Waals surface area contributed by atoms with E-state index in [1.54, 1.807) is 6.07 Å². The summed E-state index contributed by atoms with van der Waals surface area (Å²) in [7, 11) is 0. The molecule has 0 saturated heterocycles. The van der Waals surface area contributed by atoms with Gasteiger partial charge in [-0.05, 0) is 17.7 Å². The third kappa shape index (κ3) is 1.63. The lowest BCUT2D eigenvalue weighted by atomic mass is 10.0. The number of hydrogen-bond donors (Lipinski definition) is 1. The van der Waals surface area contributed by atoms with Crippen LogP contribution in [0.25, 0.3) is 0 Å². The van der Waals surface area contributed by atoms with Crippen molar-refractivity contribution < 1.29 is 14.6 Å². The highest BCUT2D eigenvalue weighted by Crippen LogP contribution is 2.34. The second-order valence-corrected chi connectivity index (χ2v) is 3.88. The van der Waals surface area contributed by atoms with Gasteiger partial charge in [-0.15, -0.1) is 0 Å². The Morgan fingerprint density at radius 1 is 1.29 bits per heavy atom. The zero-order chi connectivity index (χ0) is 11.8. The number of para-hydroxylation sites is 1. The lowest BCUT2D eigenvalue weighted by molar-refractivity contribution is 0.0696. The Bertz CT molecular complexity index is 607. The largest absolute Gasteiger partial charge is 0.478 e. The van der Waals surface area contributed by atoms with Crippen LogP contribution >= 0.6 is 0 Å². The predicted octanol–water partition coefficient (Wildman–Crippen LogP) is 2.48. The molecule has 2 heterocycles. The number of carboxylic acid groups (broad SMARTS) is 1. The summed E-state index contributed by atoms with van der Waals surface area (Å²) < 4.78 is 5.61. The summed E-state index contributed by atoms with van der Waals surface area (Å²) in [5.74, 6) is 0.309. The van der Waals surface area contributed by atoms with Gasteiger partial charge in [0.25, 0.3) is 0 Å². The van der Waals surface area contributed by atoms with Crippen LogP contribution in [0.2, 0.25) is 0 Å². The molecule has 0 amide bonds. The van der Waals surface area contributed by atoms with Crippen LogP contribution in [0.1, 0.15) is 21.5 Å². The maximum Gasteiger partial charge on any atom is 0.337 e. The maximum atomic E-state index is 10.9. The van der Waals surface area contributed by atoms with Crippen molar-refractivity contribution in [3.8, 4) is 11.6 Å². The van der Waals surface area contributed by atoms with Crippen molar-refractivity contribution in [3.05, 3.63) is 53.2 Å². The number of hydrogen-bond acceptors (Lipinski definition) is 3. The van der Waals surface area contributed by atoms with E-state index >= 15 is 0 Å². The molecule has 4 nitrogen and oxygen atoms in total. The van der Waals surface area contributed by atoms with E-state index in [-0.39, 0.29) is 5.56 Å². The molecule has 17 heavy (non-hydrogen) atoms. The van der Waals surface area contributed by atoms with E-state index in [4.69, 9.17) is 9.84 Å². The van der Waals surface area contributed by atoms with Crippen LogP contribution in [0.3, 0.4) is 0 Å². The minimum atomic E-state index is -0.973. The molecule has 0 spiro atoms. The molecule has 84 valence electrons. The van der Waals surface area contributed by atoms with Crippen LogP contribution in [-0.2, 0) is 6.42 Å². The minimum absolute atomic E-state index is 0.187. The Labute approximate surface area is 97.5 Å². The first kappa shape index (κ1) is 9.84. The van der Waals surface area contributed by atoms with Gasteiger partial charge in [0, 0.05) is 18.2 Å². The van der Waals surface area contributed by atoms with E-state index in [0.29, 0.717) is 12.3 Å². The van der Waals surface area contributed by atoms with E-state index in [9.17, 15) is 4.79 Å². The van der Waals surface area contributed by atoms with Gasteiger partial charge in [0.05, 0.1) is 5.56 Å². The quantitative estimate of drug-likeness (QED) is 0.693. The summed E-state index contributed by atoms with van der Waals surface area (Å²) in [6, 6.07) is 9.29. The van der Waals surface area contributed by atoms with Crippen LogP contribution in [0, 0.1) is 0 Å². The first-order valence-corrected chi connectivity index (χ1v) is 5.22. The molecule has 1 aromatic carbocycles. The second kappa shape index (κ2) is 3.59. The van der Waals surface area contributed by atoms with E-state index in [1.165, 1.54) is 6.20 Å². The van der Waals surface area contributed by atoms with E-state index in [2.05, 4.69) is 4.98 Å². The molecule has 0 fully saturated rings. The number of rotatable bonds is 1. The summed E-state index contributed by atoms with van der Waals surface area (Å²) in [5.41, 5.74) is 2.04. The van der Waals surface area contributed by atoms with Crippen LogP contribution < -0.4 is 4.74 Å². The zero-order valence-corrected chi connectivity index (χ0v) is 8.88. The van der Waals surface area contributed by atoms with Gasteiger partial charge in [-0.25, -0.2) is 9.78 Å². The van der Waals surface area contributed by atoms with E-state index < -0.39 is 5.97 Å². The van der Waals surface area contributed by atoms with Gasteiger partial charge in [0.1, 0.15) is 5.75 Å². The zero-order valence-electron chi connectivity index (χ0n) is 8.88. The third-order valence-corrected chi connectivity index (χ3v) is 2.73. The van der Waals surface area contributed by atoms with Gasteiger partial charge in [0.15, 0.2) is 0 Å². The molecule has 2 aromatic rings. The monoisotopic (exact) mass is 227 g/mol. The fourth-order valence-corrected chi connectivity index (χ4v) is 1.89. The number of aromatic nitrogens is 1. The SMILES string of the molecule is O=C(O)c1cnc2c(c1)Cc1ccccc1O2. The van der Waals surface area contributed by atoms with Crippen molar-refractivity contribution in [2.45, 2.75) is 6.42 Å². The topological polar surface area (TPSA) is 59.4 Å². The summed E-state index contributed by atoms with van der Waals surface area (Å²) in [6.45, 7) is 0. The molecule has 1 N–H and O–H groups in total. The normalized spacial score (nSPS) is 12.2. The molecule has 0 aliphatic carbocycles. The third-order valence-electron chi connectivity index (χ3n) is 2.73. The highest BCUT2D eigenvalue weighted by molar-refractivity contribution is 5.87. The number of ether oxygens (including phenoxy) is 1. The maximum absolute atomic E-state index is 10.9. The van der Waals surface area contributed by atoms with Crippen LogP contribution in [0.5, 0.6) is 11.6 Å². The smallest absolute Gasteiger partial charge is 0.337 e. The molecular formula is C13H9NO3. The van der Waals surface area contributed by atoms with Crippen LogP contribution in [-0.4, -0.2) is 16.1 Å². The summed E-state index contributed by atoms with van der Waals surface area (Å²) in [4.78, 5) is 14.9. The number of aromatic carboxylic acids is 1. The molecule has 0 saturated carbocycles. The first-order valence-electron chi connectivity index (χ1n) is 5.22. The number of pyridine rings is 1. The highest BCUT2D eigenvalue weighted by Gasteiger charge is 2.19. The molecule has 0 atom stereocenters. The van der Waals surface area contributed by atoms with E-state index in [1.807, 2.05) is 24.3 Å². The molecule has 0 unspecified atom stereocenters. The Hall–Kier alpha value is -2.36. The van der Waals surface area contributed by atoms with Gasteiger partial charge in [-0.3, -0.25) is 0 Å². The Morgan fingerprint density at radius 3 is 2.94 bits per heavy atom. The average molecular weight is 227 g/mol. The van der Waals surface area contributed by atoms with Crippen LogP contribution in [0.15, 0.2) is 36.5 Å². The van der Waals surface area contributed by atoms with Gasteiger partial charge >= 0.3 is 5.97 Å². The molecule has 0 radical (unpaired) electrons. The van der Waals surface area contributed by atoms with Gasteiger partial charge in [0.2, 0.25) is 5.88 Å². The Morgan fingerprint density at radius 2 is 2.12 bits per heavy atom. The average Bonchev–Trinajstić information content (AvgIpc) is 2.35. The fourth-order valence-electron chi connectivity index (χ4n) is 1.89. The lowest BCUT2D eigenvalue weighted by Crippen LogP contribution is -2.07. The van der Waals surface area contributed by atoms with Crippen molar-refractivity contribution in [2.75, 3.05) is 0 Å². The lowest BCUT2D eigenvalue weighted by Gasteiger charge is -2.18. The van der Waals surface area contributed by atoms with E-state index in [0.717, 1.165) is 16.9 Å². The van der Waals surface area contributed by atoms with Crippen LogP contribution in [0.4, 0.5) is 0 Å². The molecular weight excluding hydrogens is 218 g/mol. The van der Waals surface area contributed by atoms with Crippen molar-refractivity contribution in [1.29, 1.82) is 0 Å². The van der Waals surface area contributed by atoms with Crippen molar-refractivity contribution >= 4 is 5.97 Å². The highest BCUT2D eigenvalue weighted by atomic mass is 16.5. The molecule has 0 bridgehead atoms. The molecule has 3 rings (SSSR count). The number of carboxylic acids is 1. The number of nitrogens with zero attached hydrogens (tertiary/aromatic N) is 1. The van der Waals surface area contributed by atoms with Crippen molar-refractivity contribution in [3.63, 3.8) is 0 Å². The van der Waals surface area contributed by atoms with Gasteiger partial charge in [-0.1, -0.05) is 18.2 Å². The second-order valence-electron chi connectivity index (χ2n) is 3.88. The van der Waals surface area contributed by atoms with Crippen molar-refractivity contribution in [2.24, 2.45) is 0 Å². The summed E-state index contributed by atoms with van der Waals surface area (Å²) in [6.07, 6.45) is 1.97. The minimum Gasteiger partial charge on any atom is -0.478 e. The predicted molar refractivity (Wildman–Crippen MR) is 60.5 cm³/mol. The molecule has 4 heteroatoms. The molecule has 1 aliphatic rings. The number of fused-ring (bicyclic) bond motifs is 2. The number of carbonyl (C=O) groups is 1. The molecule has 1 aliphatic heterocycles. The summed E-state index contributed by atoms with van der Waals surface area (Å²) >= 11 is 0. The van der Waals surface area contributed by atoms with Gasteiger partial charge < -0.3 is 9.84 Å². The van der Waals surface area contributed by atoms with Gasteiger partial charge in [-0.2, -0.15) is 0 Å². The fraction of sp³-hybridized carbons (Fsp3) is 0.0769. The Kier molecular flexibility index (Phi) is 2.08. The number of benzene rings is 1. The first-order chi connectivity index (χ1) is 8.24.